The lowest BCUT2D eigenvalue weighted by Crippen LogP contribution is -2.24. The lowest BCUT2D eigenvalue weighted by atomic mass is 10.1. The molecule has 0 saturated carbocycles. The van der Waals surface area contributed by atoms with Gasteiger partial charge in [-0.25, -0.2) is 15.0 Å². The highest BCUT2D eigenvalue weighted by Gasteiger charge is 2.38. The molecule has 0 aliphatic carbocycles. The van der Waals surface area contributed by atoms with Crippen LogP contribution in [0.5, 0.6) is 6.01 Å². The molecular formula is C15H9F6N5O2. The molecule has 0 unspecified atom stereocenters. The number of hydrogen-bond donors (Lipinski definition) is 0. The summed E-state index contributed by atoms with van der Waals surface area (Å²) < 4.78 is 81.9. The molecule has 3 aromatic rings. The van der Waals surface area contributed by atoms with Crippen LogP contribution in [0, 0.1) is 6.92 Å². The molecule has 3 rings (SSSR count). The van der Waals surface area contributed by atoms with Crippen molar-refractivity contribution in [2.45, 2.75) is 19.3 Å². The van der Waals surface area contributed by atoms with Gasteiger partial charge in [-0.3, -0.25) is 14.2 Å². The van der Waals surface area contributed by atoms with E-state index in [-0.39, 0.29) is 11.2 Å². The number of aryl methyl sites for hydroxylation is 1. The van der Waals surface area contributed by atoms with Crippen molar-refractivity contribution in [3.8, 4) is 17.1 Å². The van der Waals surface area contributed by atoms with Gasteiger partial charge in [-0.15, -0.1) is 0 Å². The second kappa shape index (κ2) is 6.73. The normalized spacial score (nSPS) is 12.4. The van der Waals surface area contributed by atoms with Crippen LogP contribution in [-0.4, -0.2) is 37.1 Å². The van der Waals surface area contributed by atoms with Crippen LogP contribution in [0.15, 0.2) is 29.6 Å². The first-order chi connectivity index (χ1) is 13.0. The van der Waals surface area contributed by atoms with E-state index in [0.29, 0.717) is 5.69 Å². The lowest BCUT2D eigenvalue weighted by Gasteiger charge is -2.13. The molecule has 3 heterocycles. The summed E-state index contributed by atoms with van der Waals surface area (Å²) in [5, 5.41) is 0. The molecule has 0 fully saturated rings. The summed E-state index contributed by atoms with van der Waals surface area (Å²) in [4.78, 5) is 26.8. The SMILES string of the molecule is Cc1cn2c(=O)c(-c3cnc(OCC(F)(F)F)nc3)c(C(F)(F)F)nc2cn1. The van der Waals surface area contributed by atoms with Gasteiger partial charge < -0.3 is 4.74 Å². The van der Waals surface area contributed by atoms with Crippen LogP contribution >= 0.6 is 0 Å². The Kier molecular flexibility index (Phi) is 4.69. The standard InChI is InChI=1S/C15H9F6N5O2/c1-7-5-26-9(4-22-7)25-11(15(19,20)21)10(12(26)27)8-2-23-13(24-3-8)28-6-14(16,17)18/h2-5H,6H2,1H3. The van der Waals surface area contributed by atoms with E-state index in [1.54, 1.807) is 0 Å². The molecule has 0 atom stereocenters. The largest absolute Gasteiger partial charge is 0.454 e. The van der Waals surface area contributed by atoms with E-state index < -0.39 is 41.8 Å². The summed E-state index contributed by atoms with van der Waals surface area (Å²) in [5.74, 6) is 0. The zero-order chi connectivity index (χ0) is 20.7. The van der Waals surface area contributed by atoms with Gasteiger partial charge in [0.05, 0.1) is 17.5 Å². The second-order valence-corrected chi connectivity index (χ2v) is 5.55. The molecule has 0 aliphatic heterocycles. The van der Waals surface area contributed by atoms with Crippen molar-refractivity contribution < 1.29 is 31.1 Å². The van der Waals surface area contributed by atoms with Crippen molar-refractivity contribution in [2.75, 3.05) is 6.61 Å². The molecule has 0 aliphatic rings. The Morgan fingerprint density at radius 1 is 1.04 bits per heavy atom. The first kappa shape index (κ1) is 19.5. The number of alkyl halides is 6. The zero-order valence-corrected chi connectivity index (χ0v) is 13.8. The Labute approximate surface area is 151 Å². The Balaban J connectivity index is 2.13. The summed E-state index contributed by atoms with van der Waals surface area (Å²) in [6.45, 7) is -0.147. The van der Waals surface area contributed by atoms with Crippen molar-refractivity contribution in [1.82, 2.24) is 24.3 Å². The Morgan fingerprint density at radius 2 is 1.68 bits per heavy atom. The van der Waals surface area contributed by atoms with Gasteiger partial charge in [0.25, 0.3) is 5.56 Å². The minimum Gasteiger partial charge on any atom is -0.454 e. The third-order valence-electron chi connectivity index (χ3n) is 3.39. The van der Waals surface area contributed by atoms with E-state index in [4.69, 9.17) is 0 Å². The minimum absolute atomic E-state index is 0.322. The van der Waals surface area contributed by atoms with Crippen LogP contribution in [0.2, 0.25) is 0 Å². The van der Waals surface area contributed by atoms with Crippen molar-refractivity contribution in [3.05, 3.63) is 46.5 Å². The molecule has 3 aromatic heterocycles. The first-order valence-electron chi connectivity index (χ1n) is 7.44. The molecular weight excluding hydrogens is 396 g/mol. The minimum atomic E-state index is -4.99. The molecule has 0 N–H and O–H groups in total. The van der Waals surface area contributed by atoms with Crippen LogP contribution in [0.3, 0.4) is 0 Å². The molecule has 0 spiro atoms. The van der Waals surface area contributed by atoms with Gasteiger partial charge in [-0.05, 0) is 6.92 Å². The Morgan fingerprint density at radius 3 is 2.25 bits per heavy atom. The monoisotopic (exact) mass is 405 g/mol. The molecule has 0 bridgehead atoms. The van der Waals surface area contributed by atoms with Gasteiger partial charge in [0.15, 0.2) is 17.9 Å². The molecule has 0 saturated heterocycles. The van der Waals surface area contributed by atoms with E-state index >= 15 is 0 Å². The highest BCUT2D eigenvalue weighted by atomic mass is 19.4. The average Bonchev–Trinajstić information content (AvgIpc) is 2.59. The fraction of sp³-hybridized carbons (Fsp3) is 0.267. The molecule has 0 radical (unpaired) electrons. The average molecular weight is 405 g/mol. The van der Waals surface area contributed by atoms with Crippen molar-refractivity contribution in [3.63, 3.8) is 0 Å². The van der Waals surface area contributed by atoms with Crippen LogP contribution < -0.4 is 10.3 Å². The third-order valence-corrected chi connectivity index (χ3v) is 3.39. The van der Waals surface area contributed by atoms with Crippen LogP contribution in [-0.2, 0) is 6.18 Å². The van der Waals surface area contributed by atoms with E-state index in [1.165, 1.54) is 13.1 Å². The van der Waals surface area contributed by atoms with Gasteiger partial charge in [0.1, 0.15) is 0 Å². The van der Waals surface area contributed by atoms with Crippen molar-refractivity contribution in [2.24, 2.45) is 0 Å². The molecule has 13 heteroatoms. The first-order valence-corrected chi connectivity index (χ1v) is 7.44. The predicted octanol–water partition coefficient (Wildman–Crippen LogP) is 2.81. The number of fused-ring (bicyclic) bond motifs is 1. The molecule has 28 heavy (non-hydrogen) atoms. The summed E-state index contributed by atoms with van der Waals surface area (Å²) in [5.41, 5.74) is -3.75. The number of nitrogens with zero attached hydrogens (tertiary/aromatic N) is 5. The number of halogens is 6. The van der Waals surface area contributed by atoms with E-state index in [1.807, 2.05) is 0 Å². The number of aromatic nitrogens is 5. The van der Waals surface area contributed by atoms with Crippen LogP contribution in [0.1, 0.15) is 11.4 Å². The molecule has 0 aromatic carbocycles. The summed E-state index contributed by atoms with van der Waals surface area (Å²) >= 11 is 0. The fourth-order valence-electron chi connectivity index (χ4n) is 2.28. The number of hydrogen-bond acceptors (Lipinski definition) is 6. The van der Waals surface area contributed by atoms with Gasteiger partial charge in [0, 0.05) is 24.2 Å². The van der Waals surface area contributed by atoms with E-state index in [2.05, 4.69) is 24.7 Å². The fourth-order valence-corrected chi connectivity index (χ4v) is 2.28. The Bertz CT molecular complexity index is 1080. The summed E-state index contributed by atoms with van der Waals surface area (Å²) in [6, 6.07) is -0.705. The highest BCUT2D eigenvalue weighted by molar-refractivity contribution is 5.65. The van der Waals surface area contributed by atoms with Gasteiger partial charge in [0.2, 0.25) is 0 Å². The molecule has 148 valence electrons. The summed E-state index contributed by atoms with van der Waals surface area (Å²) in [7, 11) is 0. The maximum atomic E-state index is 13.4. The van der Waals surface area contributed by atoms with Crippen LogP contribution in [0.4, 0.5) is 26.3 Å². The second-order valence-electron chi connectivity index (χ2n) is 5.55. The van der Waals surface area contributed by atoms with Crippen molar-refractivity contribution in [1.29, 1.82) is 0 Å². The number of rotatable bonds is 3. The van der Waals surface area contributed by atoms with Gasteiger partial charge >= 0.3 is 18.4 Å². The Hall–Kier alpha value is -3.25. The maximum Gasteiger partial charge on any atom is 0.434 e. The smallest absolute Gasteiger partial charge is 0.434 e. The third kappa shape index (κ3) is 4.02. The van der Waals surface area contributed by atoms with E-state index in [9.17, 15) is 31.1 Å². The summed E-state index contributed by atoms with van der Waals surface area (Å²) in [6.07, 6.45) is -5.89. The molecule has 0 amide bonds. The van der Waals surface area contributed by atoms with Crippen LogP contribution in [0.25, 0.3) is 16.8 Å². The number of ether oxygens (including phenoxy) is 1. The van der Waals surface area contributed by atoms with Crippen molar-refractivity contribution >= 4 is 5.65 Å². The lowest BCUT2D eigenvalue weighted by molar-refractivity contribution is -0.154. The van der Waals surface area contributed by atoms with E-state index in [0.717, 1.165) is 23.0 Å². The highest BCUT2D eigenvalue weighted by Crippen LogP contribution is 2.34. The zero-order valence-electron chi connectivity index (χ0n) is 13.8. The van der Waals surface area contributed by atoms with Gasteiger partial charge in [-0.2, -0.15) is 26.3 Å². The maximum absolute atomic E-state index is 13.4. The van der Waals surface area contributed by atoms with Gasteiger partial charge in [-0.1, -0.05) is 0 Å². The molecule has 7 nitrogen and oxygen atoms in total. The predicted molar refractivity (Wildman–Crippen MR) is 81.6 cm³/mol. The topological polar surface area (TPSA) is 82.3 Å². The quantitative estimate of drug-likeness (QED) is 0.624.